The Morgan fingerprint density at radius 3 is 2.61 bits per heavy atom. The molecule has 28 heavy (non-hydrogen) atoms. The first-order valence-corrected chi connectivity index (χ1v) is 9.71. The molecule has 0 aliphatic carbocycles. The Balaban J connectivity index is 1.85. The fourth-order valence-corrected chi connectivity index (χ4v) is 4.00. The average Bonchev–Trinajstić information content (AvgIpc) is 3.18. The second kappa shape index (κ2) is 6.99. The van der Waals surface area contributed by atoms with Crippen molar-refractivity contribution < 1.29 is 9.59 Å². The molecule has 2 aromatic carbocycles. The van der Waals surface area contributed by atoms with Crippen LogP contribution in [0.3, 0.4) is 0 Å². The van der Waals surface area contributed by atoms with E-state index in [1.54, 1.807) is 11.0 Å². The van der Waals surface area contributed by atoms with Gasteiger partial charge in [0.15, 0.2) is 0 Å². The first-order valence-electron chi connectivity index (χ1n) is 9.33. The molecular formula is C22H22ClN3O2. The second-order valence-corrected chi connectivity index (χ2v) is 7.75. The number of carbonyl (C=O) groups excluding carboxylic acids is 2. The van der Waals surface area contributed by atoms with Crippen molar-refractivity contribution in [3.8, 4) is 0 Å². The lowest BCUT2D eigenvalue weighted by molar-refractivity contribution is -0.117. The van der Waals surface area contributed by atoms with E-state index in [9.17, 15) is 9.59 Å². The van der Waals surface area contributed by atoms with E-state index in [0.29, 0.717) is 35.1 Å². The van der Waals surface area contributed by atoms with Gasteiger partial charge in [-0.3, -0.25) is 9.59 Å². The fraction of sp³-hybridized carbons (Fsp3) is 0.273. The van der Waals surface area contributed by atoms with E-state index < -0.39 is 0 Å². The fourth-order valence-electron chi connectivity index (χ4n) is 3.82. The van der Waals surface area contributed by atoms with Gasteiger partial charge in [0.05, 0.1) is 11.2 Å². The Morgan fingerprint density at radius 1 is 1.14 bits per heavy atom. The van der Waals surface area contributed by atoms with Crippen molar-refractivity contribution in [3.05, 3.63) is 58.2 Å². The first-order chi connectivity index (χ1) is 13.4. The molecule has 1 aliphatic rings. The zero-order chi connectivity index (χ0) is 20.0. The van der Waals surface area contributed by atoms with E-state index >= 15 is 0 Å². The maximum Gasteiger partial charge on any atom is 0.274 e. The predicted molar refractivity (Wildman–Crippen MR) is 113 cm³/mol. The third-order valence-corrected chi connectivity index (χ3v) is 5.72. The molecule has 0 atom stereocenters. The van der Waals surface area contributed by atoms with E-state index in [1.807, 2.05) is 55.8 Å². The van der Waals surface area contributed by atoms with Gasteiger partial charge in [-0.1, -0.05) is 29.3 Å². The zero-order valence-electron chi connectivity index (χ0n) is 16.2. The number of nitrogens with one attached hydrogen (secondary N) is 1. The molecule has 0 unspecified atom stereocenters. The number of benzene rings is 2. The summed E-state index contributed by atoms with van der Waals surface area (Å²) in [6.07, 6.45) is 1.31. The lowest BCUT2D eigenvalue weighted by Crippen LogP contribution is -2.27. The molecule has 4 rings (SSSR count). The van der Waals surface area contributed by atoms with Gasteiger partial charge in [-0.05, 0) is 50.1 Å². The van der Waals surface area contributed by atoms with Gasteiger partial charge in [0.25, 0.3) is 5.91 Å². The number of carbonyl (C=O) groups is 2. The van der Waals surface area contributed by atoms with Crippen molar-refractivity contribution in [2.45, 2.75) is 26.7 Å². The topological polar surface area (TPSA) is 54.3 Å². The van der Waals surface area contributed by atoms with Crippen LogP contribution in [0.4, 0.5) is 11.4 Å². The van der Waals surface area contributed by atoms with E-state index in [-0.39, 0.29) is 11.8 Å². The molecule has 1 aromatic heterocycles. The smallest absolute Gasteiger partial charge is 0.274 e. The van der Waals surface area contributed by atoms with Crippen molar-refractivity contribution in [2.24, 2.45) is 7.05 Å². The predicted octanol–water partition coefficient (Wildman–Crippen LogP) is 4.83. The van der Waals surface area contributed by atoms with Crippen LogP contribution in [0, 0.1) is 13.8 Å². The normalized spacial score (nSPS) is 14.1. The highest BCUT2D eigenvalue weighted by atomic mass is 35.5. The van der Waals surface area contributed by atoms with Crippen LogP contribution in [-0.4, -0.2) is 22.9 Å². The number of aryl methyl sites for hydroxylation is 3. The SMILES string of the molecule is Cc1ccc2c(c1)c(N1CCCC1=O)c(C(=O)Nc1ccc(C)c(Cl)c1)n2C. The second-order valence-electron chi connectivity index (χ2n) is 7.34. The Kier molecular flexibility index (Phi) is 4.63. The Labute approximate surface area is 168 Å². The lowest BCUT2D eigenvalue weighted by Gasteiger charge is -2.18. The number of rotatable bonds is 3. The molecule has 0 saturated carbocycles. The summed E-state index contributed by atoms with van der Waals surface area (Å²) in [5.41, 5.74) is 4.76. The van der Waals surface area contributed by atoms with Crippen LogP contribution in [0.2, 0.25) is 5.02 Å². The first kappa shape index (κ1) is 18.6. The van der Waals surface area contributed by atoms with E-state index in [2.05, 4.69) is 5.32 Å². The number of hydrogen-bond donors (Lipinski definition) is 1. The number of hydrogen-bond acceptors (Lipinski definition) is 2. The molecule has 0 spiro atoms. The van der Waals surface area contributed by atoms with E-state index in [0.717, 1.165) is 28.5 Å². The summed E-state index contributed by atoms with van der Waals surface area (Å²) in [4.78, 5) is 27.5. The number of fused-ring (bicyclic) bond motifs is 1. The molecular weight excluding hydrogens is 374 g/mol. The van der Waals surface area contributed by atoms with Crippen molar-refractivity contribution in [2.75, 3.05) is 16.8 Å². The van der Waals surface area contributed by atoms with Crippen molar-refractivity contribution in [1.29, 1.82) is 0 Å². The summed E-state index contributed by atoms with van der Waals surface area (Å²) < 4.78 is 1.86. The summed E-state index contributed by atoms with van der Waals surface area (Å²) in [7, 11) is 1.86. The van der Waals surface area contributed by atoms with Crippen LogP contribution in [0.25, 0.3) is 10.9 Å². The van der Waals surface area contributed by atoms with E-state index in [4.69, 9.17) is 11.6 Å². The summed E-state index contributed by atoms with van der Waals surface area (Å²) in [5, 5.41) is 4.46. The highest BCUT2D eigenvalue weighted by Gasteiger charge is 2.31. The molecule has 1 saturated heterocycles. The van der Waals surface area contributed by atoms with Gasteiger partial charge in [-0.25, -0.2) is 0 Å². The maximum absolute atomic E-state index is 13.3. The Morgan fingerprint density at radius 2 is 1.93 bits per heavy atom. The van der Waals surface area contributed by atoms with Crippen LogP contribution in [-0.2, 0) is 11.8 Å². The largest absolute Gasteiger partial charge is 0.338 e. The van der Waals surface area contributed by atoms with Gasteiger partial charge >= 0.3 is 0 Å². The molecule has 1 aliphatic heterocycles. The van der Waals surface area contributed by atoms with Crippen molar-refractivity contribution >= 4 is 45.7 Å². The summed E-state index contributed by atoms with van der Waals surface area (Å²) in [6, 6.07) is 11.5. The molecule has 0 bridgehead atoms. The lowest BCUT2D eigenvalue weighted by atomic mass is 10.1. The average molecular weight is 396 g/mol. The monoisotopic (exact) mass is 395 g/mol. The van der Waals surface area contributed by atoms with Gasteiger partial charge in [0.2, 0.25) is 5.91 Å². The molecule has 1 N–H and O–H groups in total. The molecule has 6 heteroatoms. The molecule has 0 radical (unpaired) electrons. The van der Waals surface area contributed by atoms with Gasteiger partial charge in [0, 0.05) is 36.1 Å². The Hall–Kier alpha value is -2.79. The standard InChI is InChI=1S/C22H22ClN3O2/c1-13-6-9-18-16(11-13)20(26-10-4-5-19(26)27)21(25(18)3)22(28)24-15-8-7-14(2)17(23)12-15/h6-9,11-12H,4-5,10H2,1-3H3,(H,24,28). The van der Waals surface area contributed by atoms with Crippen LogP contribution in [0.15, 0.2) is 36.4 Å². The van der Waals surface area contributed by atoms with Crippen LogP contribution in [0.1, 0.15) is 34.5 Å². The van der Waals surface area contributed by atoms with Crippen molar-refractivity contribution in [1.82, 2.24) is 4.57 Å². The maximum atomic E-state index is 13.3. The highest BCUT2D eigenvalue weighted by molar-refractivity contribution is 6.31. The number of amides is 2. The minimum Gasteiger partial charge on any atom is -0.338 e. The van der Waals surface area contributed by atoms with Crippen LogP contribution >= 0.6 is 11.6 Å². The highest BCUT2D eigenvalue weighted by Crippen LogP contribution is 2.37. The zero-order valence-corrected chi connectivity index (χ0v) is 16.9. The summed E-state index contributed by atoms with van der Waals surface area (Å²) >= 11 is 6.20. The molecule has 2 heterocycles. The van der Waals surface area contributed by atoms with Crippen LogP contribution in [0.5, 0.6) is 0 Å². The van der Waals surface area contributed by atoms with Gasteiger partial charge in [-0.2, -0.15) is 0 Å². The molecule has 144 valence electrons. The molecule has 2 amide bonds. The van der Waals surface area contributed by atoms with Gasteiger partial charge in [0.1, 0.15) is 5.69 Å². The molecule has 5 nitrogen and oxygen atoms in total. The summed E-state index contributed by atoms with van der Waals surface area (Å²) in [5.74, 6) is -0.201. The van der Waals surface area contributed by atoms with E-state index in [1.165, 1.54) is 0 Å². The minimum absolute atomic E-state index is 0.0569. The van der Waals surface area contributed by atoms with Crippen LogP contribution < -0.4 is 10.2 Å². The molecule has 1 fully saturated rings. The third-order valence-electron chi connectivity index (χ3n) is 5.32. The Bertz CT molecular complexity index is 1120. The number of nitrogens with zero attached hydrogens (tertiary/aromatic N) is 2. The third kappa shape index (κ3) is 3.06. The van der Waals surface area contributed by atoms with Gasteiger partial charge in [-0.15, -0.1) is 0 Å². The molecule has 3 aromatic rings. The minimum atomic E-state index is -0.258. The quantitative estimate of drug-likeness (QED) is 0.690. The number of aromatic nitrogens is 1. The summed E-state index contributed by atoms with van der Waals surface area (Å²) in [6.45, 7) is 4.55. The van der Waals surface area contributed by atoms with Crippen molar-refractivity contribution in [3.63, 3.8) is 0 Å². The number of halogens is 1. The number of anilines is 2. The van der Waals surface area contributed by atoms with Gasteiger partial charge < -0.3 is 14.8 Å².